The Morgan fingerprint density at radius 2 is 2.13 bits per heavy atom. The number of hydrogen-bond donors (Lipinski definition) is 1. The van der Waals surface area contributed by atoms with Crippen LogP contribution in [-0.4, -0.2) is 24.6 Å². The van der Waals surface area contributed by atoms with Crippen molar-refractivity contribution in [1.29, 1.82) is 0 Å². The first-order valence-corrected chi connectivity index (χ1v) is 8.10. The fraction of sp³-hybridized carbons (Fsp3) is 0.556. The molecular weight excluding hydrogens is 296 g/mol. The van der Waals surface area contributed by atoms with Crippen LogP contribution in [-0.2, 0) is 0 Å². The largest absolute Gasteiger partial charge is 0.496 e. The molecule has 0 spiro atoms. The van der Waals surface area contributed by atoms with E-state index in [0.29, 0.717) is 12.0 Å². The molecule has 0 bridgehead atoms. The predicted octanol–water partition coefficient (Wildman–Crippen LogP) is 2.53. The zero-order valence-electron chi connectivity index (χ0n) is 13.4. The second-order valence-corrected chi connectivity index (χ2v) is 6.55. The summed E-state index contributed by atoms with van der Waals surface area (Å²) in [6, 6.07) is 1.66. The van der Waals surface area contributed by atoms with Crippen molar-refractivity contribution in [3.63, 3.8) is 0 Å². The molecule has 1 saturated carbocycles. The fourth-order valence-corrected chi connectivity index (χ4v) is 4.14. The highest BCUT2D eigenvalue weighted by atomic mass is 16.5. The minimum absolute atomic E-state index is 0.00209. The standard InChI is InChI=1S/C18H22O5/c1-10-6-7-11-12(4-3-5-14(11)20)17(10)16-8-15(22-2)13(9-19)18(21)23-16/h6-12,14,17,20H,3-5H2,1-2H3. The molecule has 5 atom stereocenters. The average Bonchev–Trinajstić information content (AvgIpc) is 2.54. The van der Waals surface area contributed by atoms with Crippen molar-refractivity contribution in [3.05, 3.63) is 40.0 Å². The van der Waals surface area contributed by atoms with Gasteiger partial charge >= 0.3 is 5.63 Å². The van der Waals surface area contributed by atoms with E-state index in [0.717, 1.165) is 19.3 Å². The molecule has 124 valence electrons. The van der Waals surface area contributed by atoms with Crippen molar-refractivity contribution >= 4 is 6.29 Å². The number of allylic oxidation sites excluding steroid dienone is 1. The lowest BCUT2D eigenvalue weighted by Gasteiger charge is -2.43. The summed E-state index contributed by atoms with van der Waals surface area (Å²) in [4.78, 5) is 23.1. The zero-order chi connectivity index (χ0) is 16.6. The van der Waals surface area contributed by atoms with Crippen molar-refractivity contribution in [2.45, 2.75) is 38.2 Å². The molecule has 1 aromatic rings. The van der Waals surface area contributed by atoms with E-state index in [9.17, 15) is 14.7 Å². The first kappa shape index (κ1) is 16.0. The number of fused-ring (bicyclic) bond motifs is 1. The van der Waals surface area contributed by atoms with Crippen LogP contribution in [0.5, 0.6) is 5.75 Å². The molecular formula is C18H22O5. The summed E-state index contributed by atoms with van der Waals surface area (Å²) >= 11 is 0. The average molecular weight is 318 g/mol. The molecule has 5 unspecified atom stereocenters. The minimum Gasteiger partial charge on any atom is -0.496 e. The van der Waals surface area contributed by atoms with Gasteiger partial charge in [-0.1, -0.05) is 25.5 Å². The number of carbonyl (C=O) groups is 1. The number of rotatable bonds is 3. The van der Waals surface area contributed by atoms with Gasteiger partial charge in [0.25, 0.3) is 0 Å². The van der Waals surface area contributed by atoms with Crippen molar-refractivity contribution in [2.75, 3.05) is 7.11 Å². The maximum absolute atomic E-state index is 12.1. The second kappa shape index (κ2) is 6.32. The summed E-state index contributed by atoms with van der Waals surface area (Å²) in [6.07, 6.45) is 7.07. The lowest BCUT2D eigenvalue weighted by atomic mass is 9.63. The first-order chi connectivity index (χ1) is 11.1. The molecule has 2 aliphatic rings. The van der Waals surface area contributed by atoms with Gasteiger partial charge in [0.15, 0.2) is 6.29 Å². The van der Waals surface area contributed by atoms with Crippen molar-refractivity contribution < 1.29 is 19.1 Å². The van der Waals surface area contributed by atoms with Crippen molar-refractivity contribution in [2.24, 2.45) is 17.8 Å². The summed E-state index contributed by atoms with van der Waals surface area (Å²) < 4.78 is 10.6. The summed E-state index contributed by atoms with van der Waals surface area (Å²) in [5.74, 6) is 1.30. The van der Waals surface area contributed by atoms with Gasteiger partial charge in [-0.25, -0.2) is 4.79 Å². The van der Waals surface area contributed by atoms with Gasteiger partial charge in [-0.3, -0.25) is 4.79 Å². The number of aliphatic hydroxyl groups is 1. The first-order valence-electron chi connectivity index (χ1n) is 8.10. The second-order valence-electron chi connectivity index (χ2n) is 6.55. The van der Waals surface area contributed by atoms with Gasteiger partial charge in [-0.2, -0.15) is 0 Å². The molecule has 1 aromatic heterocycles. The molecule has 1 heterocycles. The number of hydrogen-bond acceptors (Lipinski definition) is 5. The van der Waals surface area contributed by atoms with E-state index >= 15 is 0 Å². The maximum atomic E-state index is 12.1. The number of aldehydes is 1. The van der Waals surface area contributed by atoms with Crippen LogP contribution in [0.2, 0.25) is 0 Å². The molecule has 1 fully saturated rings. The Hall–Kier alpha value is -1.88. The summed E-state index contributed by atoms with van der Waals surface area (Å²) in [5.41, 5.74) is -0.750. The van der Waals surface area contributed by atoms with E-state index in [4.69, 9.17) is 9.15 Å². The van der Waals surface area contributed by atoms with E-state index < -0.39 is 5.63 Å². The van der Waals surface area contributed by atoms with E-state index in [1.165, 1.54) is 7.11 Å². The van der Waals surface area contributed by atoms with Crippen LogP contribution in [0.15, 0.2) is 27.4 Å². The van der Waals surface area contributed by atoms with Crippen LogP contribution in [0.1, 0.15) is 48.2 Å². The number of aliphatic hydroxyl groups excluding tert-OH is 1. The van der Waals surface area contributed by atoms with Crippen molar-refractivity contribution in [1.82, 2.24) is 0 Å². The third kappa shape index (κ3) is 2.74. The lowest BCUT2D eigenvalue weighted by molar-refractivity contribution is 0.0332. The van der Waals surface area contributed by atoms with Crippen LogP contribution < -0.4 is 10.4 Å². The number of ether oxygens (including phenoxy) is 1. The van der Waals surface area contributed by atoms with Crippen LogP contribution in [0.25, 0.3) is 0 Å². The monoisotopic (exact) mass is 318 g/mol. The van der Waals surface area contributed by atoms with Crippen molar-refractivity contribution in [3.8, 4) is 5.75 Å². The third-order valence-electron chi connectivity index (χ3n) is 5.28. The van der Waals surface area contributed by atoms with Crippen LogP contribution in [0.3, 0.4) is 0 Å². The Morgan fingerprint density at radius 3 is 2.83 bits per heavy atom. The van der Waals surface area contributed by atoms with Gasteiger partial charge in [-0.15, -0.1) is 0 Å². The smallest absolute Gasteiger partial charge is 0.350 e. The van der Waals surface area contributed by atoms with Crippen LogP contribution in [0.4, 0.5) is 0 Å². The predicted molar refractivity (Wildman–Crippen MR) is 84.8 cm³/mol. The molecule has 0 saturated heterocycles. The molecule has 0 aliphatic heterocycles. The Morgan fingerprint density at radius 1 is 1.35 bits per heavy atom. The van der Waals surface area contributed by atoms with Gasteiger partial charge in [0, 0.05) is 17.9 Å². The van der Waals surface area contributed by atoms with Gasteiger partial charge in [0.05, 0.1) is 13.2 Å². The highest BCUT2D eigenvalue weighted by Gasteiger charge is 2.42. The summed E-state index contributed by atoms with van der Waals surface area (Å²) in [6.45, 7) is 2.08. The van der Waals surface area contributed by atoms with Gasteiger partial charge in [0.2, 0.25) is 0 Å². The maximum Gasteiger partial charge on any atom is 0.350 e. The molecule has 5 nitrogen and oxygen atoms in total. The fourth-order valence-electron chi connectivity index (χ4n) is 4.14. The number of methoxy groups -OCH3 is 1. The summed E-state index contributed by atoms with van der Waals surface area (Å²) in [5, 5.41) is 10.3. The van der Waals surface area contributed by atoms with Crippen LogP contribution in [0, 0.1) is 17.8 Å². The van der Waals surface area contributed by atoms with Gasteiger partial charge in [-0.05, 0) is 24.7 Å². The zero-order valence-corrected chi connectivity index (χ0v) is 13.4. The molecule has 23 heavy (non-hydrogen) atoms. The Kier molecular flexibility index (Phi) is 4.39. The molecule has 2 aliphatic carbocycles. The van der Waals surface area contributed by atoms with Gasteiger partial charge in [0.1, 0.15) is 17.1 Å². The van der Waals surface area contributed by atoms with Crippen LogP contribution >= 0.6 is 0 Å². The third-order valence-corrected chi connectivity index (χ3v) is 5.28. The highest BCUT2D eigenvalue weighted by molar-refractivity contribution is 5.78. The Labute approximate surface area is 135 Å². The SMILES string of the molecule is COc1cc(C2C(C)C=CC3C(O)CCCC32)oc(=O)c1C=O. The summed E-state index contributed by atoms with van der Waals surface area (Å²) in [7, 11) is 1.43. The molecule has 3 rings (SSSR count). The van der Waals surface area contributed by atoms with E-state index in [-0.39, 0.29) is 41.1 Å². The molecule has 5 heteroatoms. The molecule has 1 N–H and O–H groups in total. The van der Waals surface area contributed by atoms with Gasteiger partial charge < -0.3 is 14.3 Å². The lowest BCUT2D eigenvalue weighted by Crippen LogP contribution is -2.39. The molecule has 0 amide bonds. The Bertz CT molecular complexity index is 674. The van der Waals surface area contributed by atoms with E-state index in [2.05, 4.69) is 19.1 Å². The van der Waals surface area contributed by atoms with E-state index in [1.54, 1.807) is 6.07 Å². The highest BCUT2D eigenvalue weighted by Crippen LogP contribution is 2.48. The molecule has 0 aromatic carbocycles. The minimum atomic E-state index is -0.663. The normalized spacial score (nSPS) is 33.1. The number of carbonyl (C=O) groups excluding carboxylic acids is 1. The molecule has 0 radical (unpaired) electrons. The Balaban J connectivity index is 2.06. The quantitative estimate of drug-likeness (QED) is 0.684. The van der Waals surface area contributed by atoms with E-state index in [1.807, 2.05) is 0 Å². The topological polar surface area (TPSA) is 76.7 Å².